The lowest BCUT2D eigenvalue weighted by molar-refractivity contribution is 0.0492. The van der Waals surface area contributed by atoms with Gasteiger partial charge in [-0.3, -0.25) is 0 Å². The molecular weight excluding hydrogens is 283 g/mol. The molecule has 0 radical (unpaired) electrons. The van der Waals surface area contributed by atoms with E-state index in [-0.39, 0.29) is 5.97 Å². The number of carbonyl (C=O) groups excluding carboxylic acids is 1. The van der Waals surface area contributed by atoms with Crippen LogP contribution < -0.4 is 0 Å². The number of aromatic nitrogens is 2. The van der Waals surface area contributed by atoms with Gasteiger partial charge in [0.2, 0.25) is 0 Å². The van der Waals surface area contributed by atoms with Gasteiger partial charge < -0.3 is 9.72 Å². The minimum atomic E-state index is -0.324. The van der Waals surface area contributed by atoms with E-state index in [0.717, 1.165) is 12.8 Å². The summed E-state index contributed by atoms with van der Waals surface area (Å²) in [6.45, 7) is 2.53. The fraction of sp³-hybridized carbons (Fsp3) is 0.500. The van der Waals surface area contributed by atoms with Crippen molar-refractivity contribution in [3.05, 3.63) is 15.7 Å². The quantitative estimate of drug-likeness (QED) is 0.525. The second-order valence-electron chi connectivity index (χ2n) is 2.56. The standard InChI is InChI=1S/C8H11IN2O2/c1-2-3-4-13-8(12)6-7(9)11-5-10-6/h5H,2-4H2,1H3,(H,10,11). The Labute approximate surface area is 90.2 Å². The highest BCUT2D eigenvalue weighted by atomic mass is 127. The van der Waals surface area contributed by atoms with Crippen molar-refractivity contribution >= 4 is 28.6 Å². The van der Waals surface area contributed by atoms with Crippen LogP contribution in [0.25, 0.3) is 0 Å². The van der Waals surface area contributed by atoms with E-state index in [1.807, 2.05) is 29.5 Å². The Balaban J connectivity index is 2.45. The van der Waals surface area contributed by atoms with Gasteiger partial charge >= 0.3 is 5.97 Å². The van der Waals surface area contributed by atoms with E-state index in [0.29, 0.717) is 16.0 Å². The summed E-state index contributed by atoms with van der Waals surface area (Å²) >= 11 is 1.99. The maximum absolute atomic E-state index is 11.3. The number of ether oxygens (including phenoxy) is 1. The Kier molecular flexibility index (Phi) is 4.20. The molecule has 0 bridgehead atoms. The van der Waals surface area contributed by atoms with Gasteiger partial charge in [-0.1, -0.05) is 13.3 Å². The first-order valence-electron chi connectivity index (χ1n) is 4.11. The fourth-order valence-corrected chi connectivity index (χ4v) is 1.32. The van der Waals surface area contributed by atoms with Gasteiger partial charge in [0.25, 0.3) is 0 Å². The molecule has 1 heterocycles. The number of nitrogens with zero attached hydrogens (tertiary/aromatic N) is 1. The predicted molar refractivity (Wildman–Crippen MR) is 56.5 cm³/mol. The third-order valence-corrected chi connectivity index (χ3v) is 2.35. The van der Waals surface area contributed by atoms with Crippen molar-refractivity contribution in [2.24, 2.45) is 0 Å². The number of nitrogens with one attached hydrogen (secondary N) is 1. The van der Waals surface area contributed by atoms with E-state index < -0.39 is 0 Å². The van der Waals surface area contributed by atoms with Crippen LogP contribution in [0.4, 0.5) is 0 Å². The van der Waals surface area contributed by atoms with E-state index >= 15 is 0 Å². The zero-order valence-electron chi connectivity index (χ0n) is 7.34. The van der Waals surface area contributed by atoms with Crippen LogP contribution in [0, 0.1) is 3.70 Å². The van der Waals surface area contributed by atoms with Crippen LogP contribution in [0.1, 0.15) is 30.3 Å². The smallest absolute Gasteiger partial charge is 0.357 e. The highest BCUT2D eigenvalue weighted by Crippen LogP contribution is 2.07. The predicted octanol–water partition coefficient (Wildman–Crippen LogP) is 1.97. The molecule has 0 spiro atoms. The molecule has 0 fully saturated rings. The average molecular weight is 294 g/mol. The van der Waals surface area contributed by atoms with E-state index in [1.54, 1.807) is 0 Å². The van der Waals surface area contributed by atoms with Crippen molar-refractivity contribution in [3.8, 4) is 0 Å². The number of hydrogen-bond donors (Lipinski definition) is 1. The second kappa shape index (κ2) is 5.21. The van der Waals surface area contributed by atoms with Crippen LogP contribution in [0.15, 0.2) is 6.33 Å². The molecule has 0 unspecified atom stereocenters. The first kappa shape index (κ1) is 10.5. The Bertz CT molecular complexity index is 285. The van der Waals surface area contributed by atoms with Crippen molar-refractivity contribution in [3.63, 3.8) is 0 Å². The molecular formula is C8H11IN2O2. The van der Waals surface area contributed by atoms with Gasteiger partial charge in [0.15, 0.2) is 5.69 Å². The van der Waals surface area contributed by atoms with Crippen LogP contribution in [0.3, 0.4) is 0 Å². The summed E-state index contributed by atoms with van der Waals surface area (Å²) in [6, 6.07) is 0. The fourth-order valence-electron chi connectivity index (χ4n) is 0.802. The zero-order valence-corrected chi connectivity index (χ0v) is 9.50. The van der Waals surface area contributed by atoms with E-state index in [4.69, 9.17) is 4.74 Å². The van der Waals surface area contributed by atoms with Gasteiger partial charge in [-0.15, -0.1) is 0 Å². The first-order chi connectivity index (χ1) is 6.25. The lowest BCUT2D eigenvalue weighted by Crippen LogP contribution is -2.08. The number of halogens is 1. The normalized spacial score (nSPS) is 10.0. The van der Waals surface area contributed by atoms with Gasteiger partial charge in [-0.05, 0) is 29.0 Å². The van der Waals surface area contributed by atoms with Gasteiger partial charge in [0.1, 0.15) is 3.70 Å². The van der Waals surface area contributed by atoms with Crippen molar-refractivity contribution in [2.75, 3.05) is 6.61 Å². The lowest BCUT2D eigenvalue weighted by atomic mass is 10.4. The molecule has 0 atom stereocenters. The third-order valence-electron chi connectivity index (χ3n) is 1.53. The summed E-state index contributed by atoms with van der Waals surface area (Å²) in [7, 11) is 0. The van der Waals surface area contributed by atoms with Crippen LogP contribution in [-0.2, 0) is 4.74 Å². The Morgan fingerprint density at radius 1 is 1.77 bits per heavy atom. The summed E-state index contributed by atoms with van der Waals surface area (Å²) in [5, 5.41) is 0. The Hall–Kier alpha value is -0.590. The molecule has 0 saturated carbocycles. The third kappa shape index (κ3) is 2.98. The zero-order chi connectivity index (χ0) is 9.68. The van der Waals surface area contributed by atoms with Crippen molar-refractivity contribution in [2.45, 2.75) is 19.8 Å². The number of H-pyrrole nitrogens is 1. The summed E-state index contributed by atoms with van der Waals surface area (Å²) in [4.78, 5) is 17.9. The monoisotopic (exact) mass is 294 g/mol. The van der Waals surface area contributed by atoms with Gasteiger partial charge in [0.05, 0.1) is 12.9 Å². The van der Waals surface area contributed by atoms with Crippen LogP contribution in [0.5, 0.6) is 0 Å². The van der Waals surface area contributed by atoms with Gasteiger partial charge in [-0.25, -0.2) is 9.78 Å². The molecule has 72 valence electrons. The Morgan fingerprint density at radius 2 is 2.54 bits per heavy atom. The van der Waals surface area contributed by atoms with Crippen molar-refractivity contribution in [1.29, 1.82) is 0 Å². The van der Waals surface area contributed by atoms with Crippen LogP contribution >= 0.6 is 22.6 Å². The SMILES string of the molecule is CCCCOC(=O)c1[nH]cnc1I. The van der Waals surface area contributed by atoms with Crippen molar-refractivity contribution < 1.29 is 9.53 Å². The summed E-state index contributed by atoms with van der Waals surface area (Å²) in [5.74, 6) is -0.324. The molecule has 0 aliphatic heterocycles. The summed E-state index contributed by atoms with van der Waals surface area (Å²) in [5.41, 5.74) is 0.441. The number of aromatic amines is 1. The van der Waals surface area contributed by atoms with Crippen LogP contribution in [0.2, 0.25) is 0 Å². The topological polar surface area (TPSA) is 55.0 Å². The van der Waals surface area contributed by atoms with E-state index in [9.17, 15) is 4.79 Å². The maximum atomic E-state index is 11.3. The second-order valence-corrected chi connectivity index (χ2v) is 3.58. The molecule has 0 amide bonds. The molecule has 1 aromatic heterocycles. The molecule has 0 aliphatic rings. The first-order valence-corrected chi connectivity index (χ1v) is 5.19. The average Bonchev–Trinajstić information content (AvgIpc) is 2.52. The highest BCUT2D eigenvalue weighted by molar-refractivity contribution is 14.1. The molecule has 5 heteroatoms. The number of carbonyl (C=O) groups is 1. The minimum Gasteiger partial charge on any atom is -0.461 e. The van der Waals surface area contributed by atoms with Gasteiger partial charge in [-0.2, -0.15) is 0 Å². The molecule has 13 heavy (non-hydrogen) atoms. The molecule has 1 aromatic rings. The Morgan fingerprint density at radius 3 is 3.08 bits per heavy atom. The van der Waals surface area contributed by atoms with E-state index in [2.05, 4.69) is 9.97 Å². The highest BCUT2D eigenvalue weighted by Gasteiger charge is 2.12. The summed E-state index contributed by atoms with van der Waals surface area (Å²) < 4.78 is 5.64. The number of hydrogen-bond acceptors (Lipinski definition) is 3. The molecule has 0 aliphatic carbocycles. The molecule has 1 rings (SSSR count). The van der Waals surface area contributed by atoms with Crippen LogP contribution in [-0.4, -0.2) is 22.5 Å². The molecule has 0 saturated heterocycles. The number of unbranched alkanes of at least 4 members (excludes halogenated alkanes) is 1. The molecule has 1 N–H and O–H groups in total. The van der Waals surface area contributed by atoms with E-state index in [1.165, 1.54) is 6.33 Å². The largest absolute Gasteiger partial charge is 0.461 e. The van der Waals surface area contributed by atoms with Gasteiger partial charge in [0, 0.05) is 0 Å². The summed E-state index contributed by atoms with van der Waals surface area (Å²) in [6.07, 6.45) is 3.40. The minimum absolute atomic E-state index is 0.324. The lowest BCUT2D eigenvalue weighted by Gasteiger charge is -2.01. The number of imidazole rings is 1. The van der Waals surface area contributed by atoms with Crippen molar-refractivity contribution in [1.82, 2.24) is 9.97 Å². The maximum Gasteiger partial charge on any atom is 0.357 e. The molecule has 4 nitrogen and oxygen atoms in total. The number of rotatable bonds is 4. The number of esters is 1. The molecule has 0 aromatic carbocycles.